The van der Waals surface area contributed by atoms with Gasteiger partial charge in [0.05, 0.1) is 12.1 Å². The zero-order valence-corrected chi connectivity index (χ0v) is 15.3. The Bertz CT molecular complexity index is 619. The van der Waals surface area contributed by atoms with Crippen LogP contribution in [-0.4, -0.2) is 60.4 Å². The van der Waals surface area contributed by atoms with Gasteiger partial charge < -0.3 is 21.3 Å². The van der Waals surface area contributed by atoms with Crippen LogP contribution in [-0.2, 0) is 4.79 Å². The van der Waals surface area contributed by atoms with E-state index in [9.17, 15) is 9.59 Å². The van der Waals surface area contributed by atoms with E-state index in [2.05, 4.69) is 25.5 Å². The molecule has 8 heteroatoms. The van der Waals surface area contributed by atoms with Gasteiger partial charge in [0.2, 0.25) is 5.91 Å². The number of rotatable bonds is 7. The first-order valence-corrected chi connectivity index (χ1v) is 9.10. The van der Waals surface area contributed by atoms with Crippen LogP contribution in [0.15, 0.2) is 29.5 Å². The third-order valence-corrected chi connectivity index (χ3v) is 4.23. The van der Waals surface area contributed by atoms with E-state index in [0.717, 1.165) is 38.4 Å². The predicted molar refractivity (Wildman–Crippen MR) is 101 cm³/mol. The molecule has 0 saturated carbocycles. The lowest BCUT2D eigenvalue weighted by Crippen LogP contribution is -2.47. The molecule has 4 N–H and O–H groups in total. The van der Waals surface area contributed by atoms with E-state index in [-0.39, 0.29) is 17.7 Å². The molecule has 1 aliphatic heterocycles. The first-order valence-electron chi connectivity index (χ1n) is 9.10. The van der Waals surface area contributed by atoms with Gasteiger partial charge in [0.25, 0.3) is 5.91 Å². The molecule has 0 aliphatic carbocycles. The molecule has 1 fully saturated rings. The number of likely N-dealkylation sites (tertiary alicyclic amines) is 1. The number of primary amides is 1. The van der Waals surface area contributed by atoms with Crippen molar-refractivity contribution in [3.05, 3.63) is 30.1 Å². The topological polar surface area (TPSA) is 113 Å². The Morgan fingerprint density at radius 3 is 2.96 bits per heavy atom. The number of piperidine rings is 1. The molecule has 1 atom stereocenters. The predicted octanol–water partition coefficient (Wildman–Crippen LogP) is 0.364. The minimum atomic E-state index is -0.253. The van der Waals surface area contributed by atoms with Crippen molar-refractivity contribution in [3.63, 3.8) is 0 Å². The summed E-state index contributed by atoms with van der Waals surface area (Å²) in [7, 11) is 0. The van der Waals surface area contributed by atoms with Crippen LogP contribution < -0.4 is 16.4 Å². The SMILES string of the molecule is CCNC(=NCCNC(=O)c1cccnc1)N1CCCC(CC(N)=O)C1. The molecule has 0 radical (unpaired) electrons. The van der Waals surface area contributed by atoms with E-state index in [0.29, 0.717) is 25.1 Å². The highest BCUT2D eigenvalue weighted by atomic mass is 16.2. The van der Waals surface area contributed by atoms with E-state index in [1.165, 1.54) is 6.20 Å². The summed E-state index contributed by atoms with van der Waals surface area (Å²) in [6, 6.07) is 3.46. The lowest BCUT2D eigenvalue weighted by Gasteiger charge is -2.34. The smallest absolute Gasteiger partial charge is 0.252 e. The second-order valence-electron chi connectivity index (χ2n) is 6.36. The number of nitrogens with one attached hydrogen (secondary N) is 2. The molecule has 2 heterocycles. The summed E-state index contributed by atoms with van der Waals surface area (Å²) in [6.07, 6.45) is 5.61. The van der Waals surface area contributed by atoms with Gasteiger partial charge in [0.15, 0.2) is 5.96 Å². The van der Waals surface area contributed by atoms with Crippen LogP contribution in [0.25, 0.3) is 0 Å². The minimum Gasteiger partial charge on any atom is -0.370 e. The third kappa shape index (κ3) is 6.34. The average molecular weight is 360 g/mol. The van der Waals surface area contributed by atoms with Crippen LogP contribution in [0.2, 0.25) is 0 Å². The number of aliphatic imine (C=N–C) groups is 1. The summed E-state index contributed by atoms with van der Waals surface area (Å²) < 4.78 is 0. The van der Waals surface area contributed by atoms with Crippen LogP contribution in [0.5, 0.6) is 0 Å². The van der Waals surface area contributed by atoms with Gasteiger partial charge in [-0.2, -0.15) is 0 Å². The number of carbonyl (C=O) groups is 2. The Kier molecular flexibility index (Phi) is 7.85. The summed E-state index contributed by atoms with van der Waals surface area (Å²) >= 11 is 0. The van der Waals surface area contributed by atoms with E-state index in [4.69, 9.17) is 5.73 Å². The number of aromatic nitrogens is 1. The monoisotopic (exact) mass is 360 g/mol. The summed E-state index contributed by atoms with van der Waals surface area (Å²) in [4.78, 5) is 33.9. The summed E-state index contributed by atoms with van der Waals surface area (Å²) in [6.45, 7) is 5.38. The van der Waals surface area contributed by atoms with Crippen molar-refractivity contribution in [2.24, 2.45) is 16.6 Å². The van der Waals surface area contributed by atoms with Crippen molar-refractivity contribution in [3.8, 4) is 0 Å². The number of hydrogen-bond donors (Lipinski definition) is 3. The number of amides is 2. The maximum absolute atomic E-state index is 12.0. The van der Waals surface area contributed by atoms with Crippen molar-refractivity contribution in [2.45, 2.75) is 26.2 Å². The highest BCUT2D eigenvalue weighted by Gasteiger charge is 2.23. The first-order chi connectivity index (χ1) is 12.6. The number of pyridine rings is 1. The molecule has 0 spiro atoms. The van der Waals surface area contributed by atoms with Gasteiger partial charge in [-0.25, -0.2) is 0 Å². The number of nitrogens with zero attached hydrogens (tertiary/aromatic N) is 3. The molecule has 8 nitrogen and oxygen atoms in total. The summed E-state index contributed by atoms with van der Waals surface area (Å²) in [5, 5.41) is 6.12. The van der Waals surface area contributed by atoms with Crippen molar-refractivity contribution in [1.82, 2.24) is 20.5 Å². The number of hydrogen-bond acceptors (Lipinski definition) is 4. The lowest BCUT2D eigenvalue weighted by molar-refractivity contribution is -0.119. The zero-order valence-electron chi connectivity index (χ0n) is 15.3. The fraction of sp³-hybridized carbons (Fsp3) is 0.556. The summed E-state index contributed by atoms with van der Waals surface area (Å²) in [5.41, 5.74) is 5.87. The van der Waals surface area contributed by atoms with Crippen molar-refractivity contribution in [1.29, 1.82) is 0 Å². The number of carbonyl (C=O) groups excluding carboxylic acids is 2. The fourth-order valence-corrected chi connectivity index (χ4v) is 3.06. The van der Waals surface area contributed by atoms with E-state index in [1.54, 1.807) is 18.3 Å². The molecular weight excluding hydrogens is 332 g/mol. The highest BCUT2D eigenvalue weighted by molar-refractivity contribution is 5.93. The molecule has 2 rings (SSSR count). The van der Waals surface area contributed by atoms with Crippen LogP contribution in [0.3, 0.4) is 0 Å². The van der Waals surface area contributed by atoms with E-state index < -0.39 is 0 Å². The molecule has 1 aliphatic rings. The standard InChI is InChI=1S/C18H28N6O2/c1-2-21-18(24-10-4-5-14(13-24)11-16(19)25)23-9-8-22-17(26)15-6-3-7-20-12-15/h3,6-7,12,14H,2,4-5,8-11,13H2,1H3,(H2,19,25)(H,21,23)(H,22,26). The molecule has 0 bridgehead atoms. The van der Waals surface area contributed by atoms with Crippen molar-refractivity contribution >= 4 is 17.8 Å². The van der Waals surface area contributed by atoms with Crippen LogP contribution >= 0.6 is 0 Å². The molecule has 0 aromatic carbocycles. The normalized spacial score (nSPS) is 17.7. The van der Waals surface area contributed by atoms with Gasteiger partial charge in [0, 0.05) is 45.0 Å². The molecule has 142 valence electrons. The Hall–Kier alpha value is -2.64. The van der Waals surface area contributed by atoms with Crippen molar-refractivity contribution < 1.29 is 9.59 Å². The van der Waals surface area contributed by atoms with Crippen molar-refractivity contribution in [2.75, 3.05) is 32.7 Å². The van der Waals surface area contributed by atoms with Crippen LogP contribution in [0.4, 0.5) is 0 Å². The molecule has 1 saturated heterocycles. The quantitative estimate of drug-likeness (QED) is 0.369. The highest BCUT2D eigenvalue weighted by Crippen LogP contribution is 2.19. The Morgan fingerprint density at radius 2 is 2.27 bits per heavy atom. The molecule has 1 unspecified atom stereocenters. The minimum absolute atomic E-state index is 0.155. The Labute approximate surface area is 154 Å². The largest absolute Gasteiger partial charge is 0.370 e. The maximum Gasteiger partial charge on any atom is 0.252 e. The molecule has 2 amide bonds. The van der Waals surface area contributed by atoms with Crippen LogP contribution in [0, 0.1) is 5.92 Å². The molecule has 26 heavy (non-hydrogen) atoms. The fourth-order valence-electron chi connectivity index (χ4n) is 3.06. The first kappa shape index (κ1) is 19.7. The lowest BCUT2D eigenvalue weighted by atomic mass is 9.95. The van der Waals surface area contributed by atoms with Crippen LogP contribution in [0.1, 0.15) is 36.5 Å². The molecule has 1 aromatic rings. The molecular formula is C18H28N6O2. The van der Waals surface area contributed by atoms with E-state index >= 15 is 0 Å². The summed E-state index contributed by atoms with van der Waals surface area (Å²) in [5.74, 6) is 0.683. The third-order valence-electron chi connectivity index (χ3n) is 4.23. The van der Waals surface area contributed by atoms with Gasteiger partial charge in [-0.15, -0.1) is 0 Å². The van der Waals surface area contributed by atoms with Gasteiger partial charge in [-0.05, 0) is 37.8 Å². The zero-order chi connectivity index (χ0) is 18.8. The second-order valence-corrected chi connectivity index (χ2v) is 6.36. The number of nitrogens with two attached hydrogens (primary N) is 1. The second kappa shape index (κ2) is 10.4. The number of guanidine groups is 1. The van der Waals surface area contributed by atoms with Gasteiger partial charge >= 0.3 is 0 Å². The maximum atomic E-state index is 12.0. The van der Waals surface area contributed by atoms with Gasteiger partial charge in [-0.1, -0.05) is 0 Å². The molecule has 1 aromatic heterocycles. The van der Waals surface area contributed by atoms with Gasteiger partial charge in [-0.3, -0.25) is 19.6 Å². The average Bonchev–Trinajstić information content (AvgIpc) is 2.64. The Balaban J connectivity index is 1.85. The Morgan fingerprint density at radius 1 is 1.42 bits per heavy atom. The van der Waals surface area contributed by atoms with E-state index in [1.807, 2.05) is 6.92 Å². The van der Waals surface area contributed by atoms with Gasteiger partial charge in [0.1, 0.15) is 0 Å².